The second kappa shape index (κ2) is 8.56. The van der Waals surface area contributed by atoms with Crippen molar-refractivity contribution in [3.05, 3.63) is 100 Å². The van der Waals surface area contributed by atoms with Gasteiger partial charge < -0.3 is 4.74 Å². The van der Waals surface area contributed by atoms with Crippen molar-refractivity contribution in [1.29, 1.82) is 0 Å². The number of fused-ring (bicyclic) bond motifs is 1. The molecule has 0 fully saturated rings. The fraction of sp³-hybridized carbons (Fsp3) is 0.192. The number of benzene rings is 3. The van der Waals surface area contributed by atoms with Crippen molar-refractivity contribution < 1.29 is 19.1 Å². The quantitative estimate of drug-likeness (QED) is 0.414. The third-order valence-electron chi connectivity index (χ3n) is 5.48. The average molecular weight is 413 g/mol. The summed E-state index contributed by atoms with van der Waals surface area (Å²) in [7, 11) is 0. The predicted octanol–water partition coefficient (Wildman–Crippen LogP) is 4.75. The van der Waals surface area contributed by atoms with E-state index in [-0.39, 0.29) is 30.6 Å². The minimum atomic E-state index is -0.343. The summed E-state index contributed by atoms with van der Waals surface area (Å²) < 4.78 is 5.98. The lowest BCUT2D eigenvalue weighted by molar-refractivity contribution is 0.0649. The highest BCUT2D eigenvalue weighted by atomic mass is 16.5. The zero-order chi connectivity index (χ0) is 22.0. The van der Waals surface area contributed by atoms with Gasteiger partial charge in [0.2, 0.25) is 0 Å². The average Bonchev–Trinajstić information content (AvgIpc) is 3.02. The predicted molar refractivity (Wildman–Crippen MR) is 117 cm³/mol. The highest BCUT2D eigenvalue weighted by Crippen LogP contribution is 2.24. The second-order valence-corrected chi connectivity index (χ2v) is 7.69. The number of imide groups is 1. The molecule has 0 bridgehead atoms. The van der Waals surface area contributed by atoms with Gasteiger partial charge in [-0.1, -0.05) is 48.5 Å². The molecular formula is C26H23NO4. The molecule has 3 aromatic carbocycles. The summed E-state index contributed by atoms with van der Waals surface area (Å²) in [5.74, 6) is 0.0450. The number of carbonyl (C=O) groups is 3. The molecule has 31 heavy (non-hydrogen) atoms. The zero-order valence-electron chi connectivity index (χ0n) is 17.6. The lowest BCUT2D eigenvalue weighted by Gasteiger charge is -2.14. The van der Waals surface area contributed by atoms with E-state index in [0.29, 0.717) is 23.3 Å². The first kappa shape index (κ1) is 20.5. The number of rotatable bonds is 7. The first-order valence-corrected chi connectivity index (χ1v) is 10.2. The molecule has 0 saturated carbocycles. The Morgan fingerprint density at radius 3 is 2.10 bits per heavy atom. The molecule has 5 heteroatoms. The molecule has 1 heterocycles. The lowest BCUT2D eigenvalue weighted by atomic mass is 10.1. The largest absolute Gasteiger partial charge is 0.488 e. The molecule has 0 aliphatic carbocycles. The maximum Gasteiger partial charge on any atom is 0.261 e. The molecule has 0 unspecified atom stereocenters. The molecule has 3 aromatic rings. The Balaban J connectivity index is 1.40. The first-order chi connectivity index (χ1) is 15.0. The monoisotopic (exact) mass is 413 g/mol. The van der Waals surface area contributed by atoms with Gasteiger partial charge in [-0.15, -0.1) is 0 Å². The molecule has 0 radical (unpaired) electrons. The first-order valence-electron chi connectivity index (χ1n) is 10.2. The minimum Gasteiger partial charge on any atom is -0.488 e. The summed E-state index contributed by atoms with van der Waals surface area (Å²) in [4.78, 5) is 38.8. The number of ketones is 1. The van der Waals surface area contributed by atoms with E-state index in [1.54, 1.807) is 36.4 Å². The number of para-hydroxylation sites is 1. The summed E-state index contributed by atoms with van der Waals surface area (Å²) >= 11 is 0. The normalized spacial score (nSPS) is 12.8. The van der Waals surface area contributed by atoms with Crippen molar-refractivity contribution in [2.75, 3.05) is 6.54 Å². The third kappa shape index (κ3) is 4.12. The van der Waals surface area contributed by atoms with Crippen molar-refractivity contribution in [3.63, 3.8) is 0 Å². The summed E-state index contributed by atoms with van der Waals surface area (Å²) in [6, 6.07) is 20.0. The molecule has 0 aromatic heterocycles. The van der Waals surface area contributed by atoms with Gasteiger partial charge in [-0.2, -0.15) is 0 Å². The summed E-state index contributed by atoms with van der Waals surface area (Å²) in [5.41, 5.74) is 4.34. The Morgan fingerprint density at radius 1 is 0.839 bits per heavy atom. The number of carbonyl (C=O) groups excluding carboxylic acids is 3. The Kier molecular flexibility index (Phi) is 5.67. The number of Topliss-reactive ketones (excluding diaryl/α,β-unsaturated/α-hetero) is 1. The topological polar surface area (TPSA) is 63.7 Å². The van der Waals surface area contributed by atoms with Gasteiger partial charge in [0, 0.05) is 18.5 Å². The molecule has 5 nitrogen and oxygen atoms in total. The molecule has 2 amide bonds. The summed E-state index contributed by atoms with van der Waals surface area (Å²) in [6.45, 7) is 4.42. The van der Waals surface area contributed by atoms with E-state index in [1.165, 1.54) is 0 Å². The van der Waals surface area contributed by atoms with Gasteiger partial charge in [-0.3, -0.25) is 19.3 Å². The number of ether oxygens (including phenoxy) is 1. The van der Waals surface area contributed by atoms with Gasteiger partial charge in [0.25, 0.3) is 11.8 Å². The van der Waals surface area contributed by atoms with Crippen LogP contribution in [-0.4, -0.2) is 29.0 Å². The van der Waals surface area contributed by atoms with E-state index < -0.39 is 0 Å². The standard InChI is InChI=1S/C26H23NO4/c1-17-7-5-8-18(2)24(17)31-16-19-9-6-10-20(15-19)23(28)13-14-27-25(29)21-11-3-4-12-22(21)26(27)30/h3-12,15H,13-14,16H2,1-2H3. The van der Waals surface area contributed by atoms with Crippen LogP contribution in [0.2, 0.25) is 0 Å². The van der Waals surface area contributed by atoms with Crippen molar-refractivity contribution in [2.24, 2.45) is 0 Å². The van der Waals surface area contributed by atoms with Crippen LogP contribution in [0.1, 0.15) is 54.2 Å². The molecule has 0 spiro atoms. The van der Waals surface area contributed by atoms with Crippen LogP contribution in [0.4, 0.5) is 0 Å². The van der Waals surface area contributed by atoms with E-state index >= 15 is 0 Å². The van der Waals surface area contributed by atoms with Crippen molar-refractivity contribution in [2.45, 2.75) is 26.9 Å². The van der Waals surface area contributed by atoms with Crippen LogP contribution >= 0.6 is 0 Å². The van der Waals surface area contributed by atoms with Gasteiger partial charge in [-0.05, 0) is 48.7 Å². The molecular weight excluding hydrogens is 390 g/mol. The van der Waals surface area contributed by atoms with Crippen LogP contribution < -0.4 is 4.74 Å². The molecule has 1 aliphatic rings. The molecule has 0 saturated heterocycles. The van der Waals surface area contributed by atoms with E-state index in [0.717, 1.165) is 27.3 Å². The molecule has 0 N–H and O–H groups in total. The fourth-order valence-electron chi connectivity index (χ4n) is 3.82. The Morgan fingerprint density at radius 2 is 1.45 bits per heavy atom. The highest BCUT2D eigenvalue weighted by Gasteiger charge is 2.35. The van der Waals surface area contributed by atoms with Gasteiger partial charge in [0.1, 0.15) is 12.4 Å². The van der Waals surface area contributed by atoms with Crippen LogP contribution in [0.15, 0.2) is 66.7 Å². The van der Waals surface area contributed by atoms with Crippen molar-refractivity contribution >= 4 is 17.6 Å². The van der Waals surface area contributed by atoms with Gasteiger partial charge in [0.15, 0.2) is 5.78 Å². The van der Waals surface area contributed by atoms with Gasteiger partial charge in [0.05, 0.1) is 11.1 Å². The van der Waals surface area contributed by atoms with E-state index in [2.05, 4.69) is 0 Å². The number of nitrogens with zero attached hydrogens (tertiary/aromatic N) is 1. The maximum atomic E-state index is 12.7. The fourth-order valence-corrected chi connectivity index (χ4v) is 3.82. The van der Waals surface area contributed by atoms with Crippen LogP contribution in [0.3, 0.4) is 0 Å². The number of hydrogen-bond donors (Lipinski definition) is 0. The van der Waals surface area contributed by atoms with Crippen molar-refractivity contribution in [1.82, 2.24) is 4.90 Å². The third-order valence-corrected chi connectivity index (χ3v) is 5.48. The number of aryl methyl sites for hydroxylation is 2. The Bertz CT molecular complexity index is 1130. The molecule has 4 rings (SSSR count). The smallest absolute Gasteiger partial charge is 0.261 e. The Labute approximate surface area is 181 Å². The Hall–Kier alpha value is -3.73. The number of amides is 2. The van der Waals surface area contributed by atoms with Gasteiger partial charge in [-0.25, -0.2) is 0 Å². The van der Waals surface area contributed by atoms with Crippen LogP contribution in [-0.2, 0) is 6.61 Å². The van der Waals surface area contributed by atoms with Crippen LogP contribution in [0.25, 0.3) is 0 Å². The SMILES string of the molecule is Cc1cccc(C)c1OCc1cccc(C(=O)CCN2C(=O)c3ccccc3C2=O)c1. The van der Waals surface area contributed by atoms with Gasteiger partial charge >= 0.3 is 0 Å². The van der Waals surface area contributed by atoms with E-state index in [4.69, 9.17) is 4.74 Å². The molecule has 0 atom stereocenters. The summed E-state index contributed by atoms with van der Waals surface area (Å²) in [6.07, 6.45) is 0.0761. The highest BCUT2D eigenvalue weighted by molar-refractivity contribution is 6.21. The lowest BCUT2D eigenvalue weighted by Crippen LogP contribution is -2.31. The van der Waals surface area contributed by atoms with E-state index in [1.807, 2.05) is 44.2 Å². The minimum absolute atomic E-state index is 0.0638. The summed E-state index contributed by atoms with van der Waals surface area (Å²) in [5, 5.41) is 0. The van der Waals surface area contributed by atoms with Crippen molar-refractivity contribution in [3.8, 4) is 5.75 Å². The molecule has 156 valence electrons. The van der Waals surface area contributed by atoms with E-state index in [9.17, 15) is 14.4 Å². The van der Waals surface area contributed by atoms with Crippen LogP contribution in [0.5, 0.6) is 5.75 Å². The zero-order valence-corrected chi connectivity index (χ0v) is 17.6. The second-order valence-electron chi connectivity index (χ2n) is 7.69. The maximum absolute atomic E-state index is 12.7. The molecule has 1 aliphatic heterocycles. The number of hydrogen-bond acceptors (Lipinski definition) is 4. The van der Waals surface area contributed by atoms with Crippen LogP contribution in [0, 0.1) is 13.8 Å².